The Hall–Kier alpha value is -2.41. The molecule has 0 amide bonds. The molecular formula is C18H14O. The van der Waals surface area contributed by atoms with Gasteiger partial charge in [-0.25, -0.2) is 0 Å². The van der Waals surface area contributed by atoms with Crippen LogP contribution in [0, 0.1) is 6.92 Å². The molecule has 0 aliphatic rings. The van der Waals surface area contributed by atoms with Gasteiger partial charge in [-0.05, 0) is 40.5 Å². The first-order valence-corrected chi connectivity index (χ1v) is 6.33. The maximum atomic E-state index is 10.9. The zero-order valence-corrected chi connectivity index (χ0v) is 10.8. The van der Waals surface area contributed by atoms with E-state index < -0.39 is 0 Å². The molecule has 0 fully saturated rings. The second kappa shape index (κ2) is 4.69. The van der Waals surface area contributed by atoms with Gasteiger partial charge in [0.15, 0.2) is 0 Å². The zero-order chi connectivity index (χ0) is 13.2. The van der Waals surface area contributed by atoms with Crippen LogP contribution < -0.4 is 0 Å². The number of carbonyl (C=O) groups excluding carboxylic acids is 1. The molecule has 0 aromatic heterocycles. The van der Waals surface area contributed by atoms with Crippen molar-refractivity contribution in [2.75, 3.05) is 0 Å². The van der Waals surface area contributed by atoms with E-state index in [-0.39, 0.29) is 0 Å². The second-order valence-corrected chi connectivity index (χ2v) is 4.72. The van der Waals surface area contributed by atoms with Crippen LogP contribution in [-0.4, -0.2) is 6.29 Å². The Balaban J connectivity index is 2.34. The molecule has 3 aromatic rings. The molecule has 0 spiro atoms. The number of aldehydes is 1. The summed E-state index contributed by atoms with van der Waals surface area (Å²) in [5.41, 5.74) is 4.24. The Morgan fingerprint density at radius 1 is 0.895 bits per heavy atom. The average Bonchev–Trinajstić information content (AvgIpc) is 2.47. The van der Waals surface area contributed by atoms with E-state index in [1.807, 2.05) is 24.3 Å². The number of fused-ring (bicyclic) bond motifs is 1. The van der Waals surface area contributed by atoms with Crippen LogP contribution in [0.5, 0.6) is 0 Å². The van der Waals surface area contributed by atoms with Crippen LogP contribution in [0.3, 0.4) is 0 Å². The van der Waals surface area contributed by atoms with Crippen LogP contribution in [0.2, 0.25) is 0 Å². The van der Waals surface area contributed by atoms with Crippen molar-refractivity contribution >= 4 is 17.1 Å². The molecule has 1 nitrogen and oxygen atoms in total. The number of benzene rings is 3. The lowest BCUT2D eigenvalue weighted by molar-refractivity contribution is 0.112. The predicted molar refractivity (Wildman–Crippen MR) is 79.5 cm³/mol. The van der Waals surface area contributed by atoms with Gasteiger partial charge in [-0.1, -0.05) is 54.6 Å². The number of hydrogen-bond donors (Lipinski definition) is 0. The first kappa shape index (κ1) is 11.7. The molecule has 3 aromatic carbocycles. The third kappa shape index (κ3) is 2.04. The van der Waals surface area contributed by atoms with Crippen molar-refractivity contribution in [1.29, 1.82) is 0 Å². The number of rotatable bonds is 2. The van der Waals surface area contributed by atoms with Crippen LogP contribution in [0.4, 0.5) is 0 Å². The largest absolute Gasteiger partial charge is 0.298 e. The van der Waals surface area contributed by atoms with E-state index in [2.05, 4.69) is 43.3 Å². The number of carbonyl (C=O) groups is 1. The monoisotopic (exact) mass is 246 g/mol. The first-order chi connectivity index (χ1) is 9.29. The van der Waals surface area contributed by atoms with Crippen molar-refractivity contribution in [3.63, 3.8) is 0 Å². The van der Waals surface area contributed by atoms with Gasteiger partial charge in [0.2, 0.25) is 0 Å². The third-order valence-corrected chi connectivity index (χ3v) is 3.45. The summed E-state index contributed by atoms with van der Waals surface area (Å²) >= 11 is 0. The van der Waals surface area contributed by atoms with Crippen molar-refractivity contribution in [3.8, 4) is 11.1 Å². The number of hydrogen-bond acceptors (Lipinski definition) is 1. The fraction of sp³-hybridized carbons (Fsp3) is 0.0556. The lowest BCUT2D eigenvalue weighted by Gasteiger charge is -2.11. The normalized spacial score (nSPS) is 10.6. The molecule has 0 heterocycles. The minimum atomic E-state index is 0.713. The summed E-state index contributed by atoms with van der Waals surface area (Å²) in [6, 6.07) is 20.4. The molecule has 0 radical (unpaired) electrons. The minimum Gasteiger partial charge on any atom is -0.298 e. The van der Waals surface area contributed by atoms with E-state index in [0.717, 1.165) is 11.8 Å². The molecule has 0 aliphatic heterocycles. The van der Waals surface area contributed by atoms with Crippen LogP contribution in [0.15, 0.2) is 60.7 Å². The van der Waals surface area contributed by atoms with Crippen molar-refractivity contribution in [2.24, 2.45) is 0 Å². The maximum absolute atomic E-state index is 10.9. The van der Waals surface area contributed by atoms with Gasteiger partial charge in [-0.15, -0.1) is 0 Å². The van der Waals surface area contributed by atoms with E-state index in [1.165, 1.54) is 21.9 Å². The highest BCUT2D eigenvalue weighted by Gasteiger charge is 2.07. The number of aryl methyl sites for hydroxylation is 1. The first-order valence-electron chi connectivity index (χ1n) is 6.33. The van der Waals surface area contributed by atoms with Gasteiger partial charge in [-0.3, -0.25) is 4.79 Å². The summed E-state index contributed by atoms with van der Waals surface area (Å²) in [6.07, 6.45) is 0.893. The summed E-state index contributed by atoms with van der Waals surface area (Å²) in [7, 11) is 0. The second-order valence-electron chi connectivity index (χ2n) is 4.72. The highest BCUT2D eigenvalue weighted by atomic mass is 16.1. The molecule has 0 atom stereocenters. The van der Waals surface area contributed by atoms with Crippen molar-refractivity contribution in [1.82, 2.24) is 0 Å². The van der Waals surface area contributed by atoms with Crippen LogP contribution in [-0.2, 0) is 0 Å². The lowest BCUT2D eigenvalue weighted by Crippen LogP contribution is -1.88. The Morgan fingerprint density at radius 2 is 1.74 bits per heavy atom. The summed E-state index contributed by atoms with van der Waals surface area (Å²) < 4.78 is 0. The van der Waals surface area contributed by atoms with Gasteiger partial charge < -0.3 is 0 Å². The highest BCUT2D eigenvalue weighted by Crippen LogP contribution is 2.32. The van der Waals surface area contributed by atoms with Gasteiger partial charge in [0.1, 0.15) is 6.29 Å². The molecule has 0 saturated carbocycles. The molecule has 1 heteroatoms. The fourth-order valence-electron chi connectivity index (χ4n) is 2.53. The fourth-order valence-corrected chi connectivity index (χ4v) is 2.53. The third-order valence-electron chi connectivity index (χ3n) is 3.45. The molecular weight excluding hydrogens is 232 g/mol. The van der Waals surface area contributed by atoms with Gasteiger partial charge in [0.25, 0.3) is 0 Å². The van der Waals surface area contributed by atoms with Gasteiger partial charge in [0.05, 0.1) is 0 Å². The smallest absolute Gasteiger partial charge is 0.150 e. The SMILES string of the molecule is Cc1ccc2ccccc2c1-c1cccc(C=O)c1. The van der Waals surface area contributed by atoms with Crippen LogP contribution in [0.25, 0.3) is 21.9 Å². The quantitative estimate of drug-likeness (QED) is 0.602. The molecule has 19 heavy (non-hydrogen) atoms. The van der Waals surface area contributed by atoms with E-state index in [9.17, 15) is 4.79 Å². The van der Waals surface area contributed by atoms with Crippen molar-refractivity contribution < 1.29 is 4.79 Å². The van der Waals surface area contributed by atoms with Crippen molar-refractivity contribution in [2.45, 2.75) is 6.92 Å². The summed E-state index contributed by atoms with van der Waals surface area (Å²) in [5.74, 6) is 0. The lowest BCUT2D eigenvalue weighted by atomic mass is 9.93. The summed E-state index contributed by atoms with van der Waals surface area (Å²) in [5, 5.41) is 2.45. The van der Waals surface area contributed by atoms with Gasteiger partial charge in [0, 0.05) is 5.56 Å². The molecule has 0 bridgehead atoms. The average molecular weight is 246 g/mol. The molecule has 0 N–H and O–H groups in total. The minimum absolute atomic E-state index is 0.713. The van der Waals surface area contributed by atoms with E-state index in [0.29, 0.717) is 5.56 Å². The molecule has 92 valence electrons. The molecule has 0 unspecified atom stereocenters. The van der Waals surface area contributed by atoms with E-state index in [4.69, 9.17) is 0 Å². The predicted octanol–water partition coefficient (Wildman–Crippen LogP) is 4.63. The summed E-state index contributed by atoms with van der Waals surface area (Å²) in [6.45, 7) is 2.11. The van der Waals surface area contributed by atoms with E-state index in [1.54, 1.807) is 0 Å². The van der Waals surface area contributed by atoms with Gasteiger partial charge in [-0.2, -0.15) is 0 Å². The maximum Gasteiger partial charge on any atom is 0.150 e. The molecule has 0 saturated heterocycles. The Bertz CT molecular complexity index is 756. The molecule has 3 rings (SSSR count). The molecule has 0 aliphatic carbocycles. The zero-order valence-electron chi connectivity index (χ0n) is 10.8. The highest BCUT2D eigenvalue weighted by molar-refractivity contribution is 5.98. The summed E-state index contributed by atoms with van der Waals surface area (Å²) in [4.78, 5) is 10.9. The van der Waals surface area contributed by atoms with Crippen LogP contribution >= 0.6 is 0 Å². The Labute approximate surface area is 112 Å². The van der Waals surface area contributed by atoms with E-state index >= 15 is 0 Å². The Kier molecular flexibility index (Phi) is 2.88. The van der Waals surface area contributed by atoms with Crippen molar-refractivity contribution in [3.05, 3.63) is 71.8 Å². The topological polar surface area (TPSA) is 17.1 Å². The Morgan fingerprint density at radius 3 is 2.58 bits per heavy atom. The van der Waals surface area contributed by atoms with Gasteiger partial charge >= 0.3 is 0 Å². The standard InChI is InChI=1S/C18H14O/c1-13-9-10-15-6-2-3-8-17(15)18(13)16-7-4-5-14(11-16)12-19/h2-12H,1H3. The van der Waals surface area contributed by atoms with Crippen LogP contribution in [0.1, 0.15) is 15.9 Å².